The van der Waals surface area contributed by atoms with E-state index in [1.54, 1.807) is 4.90 Å². The van der Waals surface area contributed by atoms with E-state index >= 15 is 0 Å². The Morgan fingerprint density at radius 1 is 1.14 bits per heavy atom. The molecule has 0 bridgehead atoms. The van der Waals surface area contributed by atoms with E-state index in [4.69, 9.17) is 14.2 Å². The van der Waals surface area contributed by atoms with Crippen LogP contribution in [0.1, 0.15) is 40.8 Å². The van der Waals surface area contributed by atoms with E-state index in [0.29, 0.717) is 77.4 Å². The number of amides is 1. The van der Waals surface area contributed by atoms with Gasteiger partial charge in [0.15, 0.2) is 6.10 Å². The Morgan fingerprint density at radius 3 is 2.62 bits per heavy atom. The number of aromatic nitrogens is 1. The molecule has 6 rings (SSSR count). The predicted molar refractivity (Wildman–Crippen MR) is 136 cm³/mol. The van der Waals surface area contributed by atoms with Crippen LogP contribution in [0.3, 0.4) is 0 Å². The number of rotatable bonds is 4. The highest BCUT2D eigenvalue weighted by molar-refractivity contribution is 5.93. The zero-order valence-corrected chi connectivity index (χ0v) is 20.7. The minimum absolute atomic E-state index is 0.121. The highest BCUT2D eigenvalue weighted by atomic mass is 16.6. The van der Waals surface area contributed by atoms with Crippen LogP contribution in [-0.2, 0) is 26.2 Å². The molecule has 4 aliphatic rings. The van der Waals surface area contributed by atoms with E-state index in [0.717, 1.165) is 33.6 Å². The fourth-order valence-electron chi connectivity index (χ4n) is 5.49. The van der Waals surface area contributed by atoms with Crippen molar-refractivity contribution in [3.63, 3.8) is 0 Å². The number of benzene rings is 1. The summed E-state index contributed by atoms with van der Waals surface area (Å²) < 4.78 is 15.9. The van der Waals surface area contributed by atoms with E-state index in [1.807, 2.05) is 30.5 Å². The second kappa shape index (κ2) is 9.78. The Hall–Kier alpha value is -3.45. The first-order valence-corrected chi connectivity index (χ1v) is 12.9. The van der Waals surface area contributed by atoms with Gasteiger partial charge in [-0.25, -0.2) is 4.79 Å². The van der Waals surface area contributed by atoms with Gasteiger partial charge >= 0.3 is 6.09 Å². The number of hydrogen-bond donors (Lipinski definition) is 1. The number of nitrogens with zero attached hydrogens (tertiary/aromatic N) is 4. The third kappa shape index (κ3) is 4.57. The van der Waals surface area contributed by atoms with Gasteiger partial charge in [0.1, 0.15) is 0 Å². The molecule has 3 saturated heterocycles. The number of carbonyl (C=O) groups excluding carboxylic acids is 1. The molecule has 1 N–H and O–H groups in total. The van der Waals surface area contributed by atoms with E-state index in [1.165, 1.54) is 0 Å². The van der Waals surface area contributed by atoms with Crippen molar-refractivity contribution in [3.8, 4) is 6.07 Å². The number of hydrogen-bond acceptors (Lipinski definition) is 8. The summed E-state index contributed by atoms with van der Waals surface area (Å²) in [6.07, 6.45) is 5.27. The van der Waals surface area contributed by atoms with Crippen LogP contribution in [0.2, 0.25) is 0 Å². The van der Waals surface area contributed by atoms with E-state index in [-0.39, 0.29) is 12.2 Å². The summed E-state index contributed by atoms with van der Waals surface area (Å²) in [7, 11) is 0. The Morgan fingerprint density at radius 2 is 1.92 bits per heavy atom. The lowest BCUT2D eigenvalue weighted by Gasteiger charge is -2.37. The maximum Gasteiger partial charge on any atom is 0.410 e. The van der Waals surface area contributed by atoms with Crippen LogP contribution in [0, 0.1) is 11.3 Å². The average molecular weight is 503 g/mol. The smallest absolute Gasteiger partial charge is 0.410 e. The highest BCUT2D eigenvalue weighted by Crippen LogP contribution is 2.39. The molecule has 37 heavy (non-hydrogen) atoms. The number of ether oxygens (including phenoxy) is 3. The zero-order valence-electron chi connectivity index (χ0n) is 20.7. The van der Waals surface area contributed by atoms with Crippen molar-refractivity contribution in [1.29, 1.82) is 5.26 Å². The number of fused-ring (bicyclic) bond motifs is 1. The molecule has 1 aromatic heterocycles. The molecule has 3 fully saturated rings. The van der Waals surface area contributed by atoms with Gasteiger partial charge in [0, 0.05) is 76.1 Å². The number of allylic oxidation sites excluding steroid dienone is 1. The van der Waals surface area contributed by atoms with Crippen molar-refractivity contribution < 1.29 is 24.1 Å². The van der Waals surface area contributed by atoms with Gasteiger partial charge in [0.25, 0.3) is 0 Å². The van der Waals surface area contributed by atoms with Gasteiger partial charge in [-0.2, -0.15) is 5.26 Å². The lowest BCUT2D eigenvalue weighted by atomic mass is 9.84. The third-order valence-corrected chi connectivity index (χ3v) is 7.82. The molecule has 192 valence electrons. The second-order valence-corrected chi connectivity index (χ2v) is 10.1. The summed E-state index contributed by atoms with van der Waals surface area (Å²) in [5, 5.41) is 21.0. The fourth-order valence-corrected chi connectivity index (χ4v) is 5.49. The number of piperazine rings is 1. The van der Waals surface area contributed by atoms with Gasteiger partial charge in [0.05, 0.1) is 36.1 Å². The lowest BCUT2D eigenvalue weighted by molar-refractivity contribution is -0.104. The first-order valence-electron chi connectivity index (χ1n) is 12.9. The standard InChI is InChI=1S/C28H30N4O5/c29-16-20-13-21(28(34)4-11-35-12-5-28)1-2-23(20)19-14-24-25(15-19)30-6-3-26(24)31-7-9-32(10-8-31)27(33)37-22-17-36-18-22/h1-3,6,13-14,22,34H,4-5,7-12,15,17-18H2. The van der Waals surface area contributed by atoms with Gasteiger partial charge in [-0.15, -0.1) is 0 Å². The van der Waals surface area contributed by atoms with Crippen LogP contribution in [0.5, 0.6) is 0 Å². The summed E-state index contributed by atoms with van der Waals surface area (Å²) in [6.45, 7) is 4.58. The Bertz CT molecular complexity index is 1270. The quantitative estimate of drug-likeness (QED) is 0.680. The van der Waals surface area contributed by atoms with Crippen LogP contribution in [0.15, 0.2) is 30.5 Å². The number of anilines is 1. The number of pyridine rings is 1. The number of carbonyl (C=O) groups is 1. The van der Waals surface area contributed by atoms with Crippen molar-refractivity contribution in [2.75, 3.05) is 57.5 Å². The van der Waals surface area contributed by atoms with Crippen LogP contribution < -0.4 is 4.90 Å². The molecule has 1 aliphatic carbocycles. The van der Waals surface area contributed by atoms with Crippen LogP contribution >= 0.6 is 0 Å². The van der Waals surface area contributed by atoms with E-state index < -0.39 is 5.60 Å². The SMILES string of the molecule is N#Cc1cc(C2(O)CCOCC2)ccc1C1=Cc2c(N3CCN(C(=O)OC4COC4)CC3)ccnc2C1. The van der Waals surface area contributed by atoms with Crippen molar-refractivity contribution in [2.24, 2.45) is 0 Å². The molecule has 0 radical (unpaired) electrons. The second-order valence-electron chi connectivity index (χ2n) is 10.1. The normalized spacial score (nSPS) is 21.0. The predicted octanol–water partition coefficient (Wildman–Crippen LogP) is 2.71. The number of aliphatic hydroxyl groups is 1. The largest absolute Gasteiger partial charge is 0.441 e. The maximum atomic E-state index is 12.4. The maximum absolute atomic E-state index is 12.4. The van der Waals surface area contributed by atoms with E-state index in [2.05, 4.69) is 22.0 Å². The molecule has 0 spiro atoms. The molecule has 0 saturated carbocycles. The summed E-state index contributed by atoms with van der Waals surface area (Å²) in [5.74, 6) is 0. The van der Waals surface area contributed by atoms with Gasteiger partial charge in [-0.3, -0.25) is 4.98 Å². The summed E-state index contributed by atoms with van der Waals surface area (Å²) >= 11 is 0. The molecule has 0 unspecified atom stereocenters. The van der Waals surface area contributed by atoms with E-state index in [9.17, 15) is 15.2 Å². The van der Waals surface area contributed by atoms with Gasteiger partial charge in [-0.1, -0.05) is 12.1 Å². The Kier molecular flexibility index (Phi) is 6.32. The fraction of sp³-hybridized carbons (Fsp3) is 0.464. The molecule has 2 aromatic rings. The Balaban J connectivity index is 1.20. The van der Waals surface area contributed by atoms with Crippen molar-refractivity contribution in [1.82, 2.24) is 9.88 Å². The van der Waals surface area contributed by atoms with Gasteiger partial charge in [-0.05, 0) is 34.9 Å². The molecule has 4 heterocycles. The molecule has 1 aromatic carbocycles. The zero-order chi connectivity index (χ0) is 25.4. The molecule has 3 aliphatic heterocycles. The average Bonchev–Trinajstić information content (AvgIpc) is 3.35. The first kappa shape index (κ1) is 23.9. The molecular formula is C28H30N4O5. The monoisotopic (exact) mass is 502 g/mol. The topological polar surface area (TPSA) is 108 Å². The number of nitriles is 1. The lowest BCUT2D eigenvalue weighted by Crippen LogP contribution is -2.51. The molecule has 9 heteroatoms. The summed E-state index contributed by atoms with van der Waals surface area (Å²) in [6, 6.07) is 10.1. The van der Waals surface area contributed by atoms with Crippen LogP contribution in [0.25, 0.3) is 11.6 Å². The van der Waals surface area contributed by atoms with Crippen molar-refractivity contribution >= 4 is 23.4 Å². The summed E-state index contributed by atoms with van der Waals surface area (Å²) in [5.41, 5.74) is 5.43. The van der Waals surface area contributed by atoms with Gasteiger partial charge < -0.3 is 29.1 Å². The highest BCUT2D eigenvalue weighted by Gasteiger charge is 2.33. The molecule has 1 amide bonds. The first-order chi connectivity index (χ1) is 18.0. The minimum atomic E-state index is -0.954. The van der Waals surface area contributed by atoms with Crippen LogP contribution in [0.4, 0.5) is 10.5 Å². The Labute approximate surface area is 215 Å². The molecular weight excluding hydrogens is 472 g/mol. The van der Waals surface area contributed by atoms with Crippen LogP contribution in [-0.4, -0.2) is 79.8 Å². The molecule has 9 nitrogen and oxygen atoms in total. The van der Waals surface area contributed by atoms with Crippen molar-refractivity contribution in [3.05, 3.63) is 58.4 Å². The molecule has 0 atom stereocenters. The third-order valence-electron chi connectivity index (χ3n) is 7.82. The summed E-state index contributed by atoms with van der Waals surface area (Å²) in [4.78, 5) is 21.1. The van der Waals surface area contributed by atoms with Gasteiger partial charge in [0.2, 0.25) is 0 Å². The van der Waals surface area contributed by atoms with Crippen molar-refractivity contribution in [2.45, 2.75) is 31.0 Å². The minimum Gasteiger partial charge on any atom is -0.441 e.